The number of nitrogens with one attached hydrogen (secondary N) is 1. The zero-order valence-corrected chi connectivity index (χ0v) is 12.6. The first kappa shape index (κ1) is 14.2. The first-order valence-electron chi connectivity index (χ1n) is 5.63. The van der Waals surface area contributed by atoms with Gasteiger partial charge >= 0.3 is 12.0 Å². The summed E-state index contributed by atoms with van der Waals surface area (Å²) in [6.45, 7) is 1.95. The van der Waals surface area contributed by atoms with E-state index in [2.05, 4.69) is 21.2 Å². The molecule has 1 aromatic rings. The number of halogens is 1. The molecule has 0 aliphatic carbocycles. The molecule has 0 bridgehead atoms. The van der Waals surface area contributed by atoms with Crippen molar-refractivity contribution in [1.29, 1.82) is 0 Å². The number of carboxylic acids is 1. The first-order valence-corrected chi connectivity index (χ1v) is 7.58. The van der Waals surface area contributed by atoms with Crippen LogP contribution in [0.5, 0.6) is 0 Å². The monoisotopic (exact) mass is 344 g/mol. The molecule has 1 saturated heterocycles. The fraction of sp³-hybridized carbons (Fsp3) is 0.333. The van der Waals surface area contributed by atoms with Gasteiger partial charge in [-0.2, -0.15) is 0 Å². The number of carbonyl (C=O) groups is 2. The quantitative estimate of drug-likeness (QED) is 0.865. The van der Waals surface area contributed by atoms with Crippen LogP contribution in [0.3, 0.4) is 0 Å². The van der Waals surface area contributed by atoms with Crippen molar-refractivity contribution >= 4 is 45.4 Å². The Bertz CT molecular complexity index is 524. The van der Waals surface area contributed by atoms with Crippen molar-refractivity contribution in [2.24, 2.45) is 0 Å². The maximum Gasteiger partial charge on any atom is 0.327 e. The van der Waals surface area contributed by atoms with Crippen LogP contribution >= 0.6 is 27.7 Å². The Morgan fingerprint density at radius 1 is 1.53 bits per heavy atom. The van der Waals surface area contributed by atoms with Crippen LogP contribution in [-0.2, 0) is 4.79 Å². The lowest BCUT2D eigenvalue weighted by molar-refractivity contribution is -0.140. The van der Waals surface area contributed by atoms with Crippen molar-refractivity contribution in [3.05, 3.63) is 28.2 Å². The molecule has 102 valence electrons. The number of carboxylic acid groups (broad SMARTS) is 1. The highest BCUT2D eigenvalue weighted by molar-refractivity contribution is 9.10. The number of thioether (sulfide) groups is 1. The second-order valence-electron chi connectivity index (χ2n) is 4.24. The highest BCUT2D eigenvalue weighted by atomic mass is 79.9. The van der Waals surface area contributed by atoms with Gasteiger partial charge in [0.15, 0.2) is 0 Å². The van der Waals surface area contributed by atoms with Gasteiger partial charge < -0.3 is 15.3 Å². The minimum absolute atomic E-state index is 0.387. The van der Waals surface area contributed by atoms with Crippen LogP contribution in [-0.4, -0.2) is 39.7 Å². The van der Waals surface area contributed by atoms with Crippen molar-refractivity contribution < 1.29 is 14.7 Å². The lowest BCUT2D eigenvalue weighted by atomic mass is 10.2. The normalized spacial score (nSPS) is 18.4. The molecule has 1 aromatic carbocycles. The Hall–Kier alpha value is -1.21. The molecule has 0 radical (unpaired) electrons. The van der Waals surface area contributed by atoms with Crippen molar-refractivity contribution in [2.75, 3.05) is 16.9 Å². The molecule has 0 saturated carbocycles. The van der Waals surface area contributed by atoms with Crippen molar-refractivity contribution in [1.82, 2.24) is 4.90 Å². The van der Waals surface area contributed by atoms with Crippen LogP contribution in [0.2, 0.25) is 0 Å². The second kappa shape index (κ2) is 5.83. The largest absolute Gasteiger partial charge is 0.480 e. The topological polar surface area (TPSA) is 69.6 Å². The molecular weight excluding hydrogens is 332 g/mol. The van der Waals surface area contributed by atoms with Crippen LogP contribution < -0.4 is 5.32 Å². The number of hydrogen-bond acceptors (Lipinski definition) is 3. The van der Waals surface area contributed by atoms with Gasteiger partial charge in [0.1, 0.15) is 6.04 Å². The molecule has 1 unspecified atom stereocenters. The molecule has 5 nitrogen and oxygen atoms in total. The molecule has 1 fully saturated rings. The third-order valence-electron chi connectivity index (χ3n) is 2.79. The summed E-state index contributed by atoms with van der Waals surface area (Å²) in [5.74, 6) is -0.146. The number of carbonyl (C=O) groups excluding carboxylic acids is 1. The minimum atomic E-state index is -0.969. The molecule has 0 spiro atoms. The molecule has 2 rings (SSSR count). The van der Waals surface area contributed by atoms with E-state index in [0.717, 1.165) is 10.0 Å². The Kier molecular flexibility index (Phi) is 4.36. The van der Waals surface area contributed by atoms with E-state index in [1.54, 1.807) is 6.07 Å². The Balaban J connectivity index is 2.10. The van der Waals surface area contributed by atoms with E-state index in [-0.39, 0.29) is 6.03 Å². The molecule has 2 N–H and O–H groups in total. The van der Waals surface area contributed by atoms with Crippen LogP contribution in [0.15, 0.2) is 22.7 Å². The predicted octanol–water partition coefficient (Wildman–Crippen LogP) is 2.75. The van der Waals surface area contributed by atoms with Gasteiger partial charge in [-0.1, -0.05) is 6.07 Å². The highest BCUT2D eigenvalue weighted by Gasteiger charge is 2.34. The second-order valence-corrected chi connectivity index (χ2v) is 6.09. The summed E-state index contributed by atoms with van der Waals surface area (Å²) in [5, 5.41) is 11.8. The molecule has 19 heavy (non-hydrogen) atoms. The Morgan fingerprint density at radius 2 is 2.26 bits per heavy atom. The van der Waals surface area contributed by atoms with Gasteiger partial charge in [0.2, 0.25) is 0 Å². The predicted molar refractivity (Wildman–Crippen MR) is 78.5 cm³/mol. The molecule has 0 aromatic heterocycles. The average Bonchev–Trinajstić information content (AvgIpc) is 2.82. The van der Waals surface area contributed by atoms with E-state index in [9.17, 15) is 9.59 Å². The smallest absolute Gasteiger partial charge is 0.327 e. The lowest BCUT2D eigenvalue weighted by Crippen LogP contribution is -2.44. The number of amides is 2. The molecule has 1 aliphatic heterocycles. The van der Waals surface area contributed by atoms with Gasteiger partial charge in [0.05, 0.1) is 11.6 Å². The van der Waals surface area contributed by atoms with E-state index in [4.69, 9.17) is 5.11 Å². The number of nitrogens with zero attached hydrogens (tertiary/aromatic N) is 1. The van der Waals surface area contributed by atoms with Gasteiger partial charge in [-0.05, 0) is 40.5 Å². The standard InChI is InChI=1S/C12H13BrN2O3S/c1-7-2-3-9(8(13)4-7)14-12(18)15-6-19-5-10(15)11(16)17/h2-4,10H,5-6H2,1H3,(H,14,18)(H,16,17). The number of aryl methyl sites for hydroxylation is 1. The fourth-order valence-corrected chi connectivity index (χ4v) is 3.49. The summed E-state index contributed by atoms with van der Waals surface area (Å²) in [4.78, 5) is 24.5. The molecule has 1 atom stereocenters. The molecule has 2 amide bonds. The van der Waals surface area contributed by atoms with E-state index in [1.165, 1.54) is 16.7 Å². The number of rotatable bonds is 2. The summed E-state index contributed by atoms with van der Waals surface area (Å²) in [7, 11) is 0. The average molecular weight is 345 g/mol. The molecule has 1 heterocycles. The van der Waals surface area contributed by atoms with Gasteiger partial charge in [0.25, 0.3) is 0 Å². The van der Waals surface area contributed by atoms with Crippen molar-refractivity contribution in [3.63, 3.8) is 0 Å². The number of hydrogen-bond donors (Lipinski definition) is 2. The van der Waals surface area contributed by atoms with Crippen molar-refractivity contribution in [2.45, 2.75) is 13.0 Å². The molecule has 7 heteroatoms. The number of anilines is 1. The van der Waals surface area contributed by atoms with E-state index < -0.39 is 12.0 Å². The SMILES string of the molecule is Cc1ccc(NC(=O)N2CSCC2C(=O)O)c(Br)c1. The maximum absolute atomic E-state index is 12.1. The number of urea groups is 1. The fourth-order valence-electron chi connectivity index (χ4n) is 1.76. The Labute approximate surface area is 123 Å². The van der Waals surface area contributed by atoms with Crippen LogP contribution in [0.4, 0.5) is 10.5 Å². The minimum Gasteiger partial charge on any atom is -0.480 e. The van der Waals surface area contributed by atoms with Gasteiger partial charge in [-0.15, -0.1) is 11.8 Å². The van der Waals surface area contributed by atoms with Gasteiger partial charge in [0, 0.05) is 10.2 Å². The van der Waals surface area contributed by atoms with Gasteiger partial charge in [-0.25, -0.2) is 9.59 Å². The summed E-state index contributed by atoms with van der Waals surface area (Å²) >= 11 is 4.81. The van der Waals surface area contributed by atoms with E-state index in [0.29, 0.717) is 17.3 Å². The molecule has 1 aliphatic rings. The van der Waals surface area contributed by atoms with E-state index in [1.807, 2.05) is 19.1 Å². The Morgan fingerprint density at radius 3 is 2.89 bits per heavy atom. The lowest BCUT2D eigenvalue weighted by Gasteiger charge is -2.21. The maximum atomic E-state index is 12.1. The van der Waals surface area contributed by atoms with Crippen LogP contribution in [0.1, 0.15) is 5.56 Å². The number of aliphatic carboxylic acids is 1. The third-order valence-corrected chi connectivity index (χ3v) is 4.46. The van der Waals surface area contributed by atoms with Crippen LogP contribution in [0.25, 0.3) is 0 Å². The first-order chi connectivity index (χ1) is 8.99. The summed E-state index contributed by atoms with van der Waals surface area (Å²) < 4.78 is 0.777. The van der Waals surface area contributed by atoms with Crippen LogP contribution in [0, 0.1) is 6.92 Å². The zero-order valence-electron chi connectivity index (χ0n) is 10.2. The summed E-state index contributed by atoms with van der Waals surface area (Å²) in [5.41, 5.74) is 1.71. The van der Waals surface area contributed by atoms with Crippen molar-refractivity contribution in [3.8, 4) is 0 Å². The zero-order chi connectivity index (χ0) is 14.0. The highest BCUT2D eigenvalue weighted by Crippen LogP contribution is 2.26. The number of benzene rings is 1. The third kappa shape index (κ3) is 3.22. The van der Waals surface area contributed by atoms with E-state index >= 15 is 0 Å². The summed E-state index contributed by atoms with van der Waals surface area (Å²) in [6.07, 6.45) is 0. The van der Waals surface area contributed by atoms with Gasteiger partial charge in [-0.3, -0.25) is 0 Å². The summed E-state index contributed by atoms with van der Waals surface area (Å²) in [6, 6.07) is 4.42. The molecular formula is C12H13BrN2O3S.